The van der Waals surface area contributed by atoms with Crippen molar-refractivity contribution in [1.29, 1.82) is 0 Å². The molecule has 0 bridgehead atoms. The van der Waals surface area contributed by atoms with E-state index in [-0.39, 0.29) is 5.97 Å². The molecule has 0 radical (unpaired) electrons. The van der Waals surface area contributed by atoms with Crippen molar-refractivity contribution in [3.05, 3.63) is 36.5 Å². The van der Waals surface area contributed by atoms with Gasteiger partial charge in [-0.15, -0.1) is 0 Å². The van der Waals surface area contributed by atoms with E-state index >= 15 is 0 Å². The predicted molar refractivity (Wildman–Crippen MR) is 95.9 cm³/mol. The molecule has 0 rings (SSSR count). The highest BCUT2D eigenvalue weighted by Gasteiger charge is 1.98. The van der Waals surface area contributed by atoms with E-state index in [0.717, 1.165) is 25.7 Å². The van der Waals surface area contributed by atoms with Crippen LogP contribution in [0.2, 0.25) is 0 Å². The van der Waals surface area contributed by atoms with Crippen LogP contribution >= 0.6 is 0 Å². The minimum absolute atomic E-state index is 0.0798. The molecule has 126 valence electrons. The van der Waals surface area contributed by atoms with E-state index in [9.17, 15) is 4.79 Å². The van der Waals surface area contributed by atoms with Gasteiger partial charge in [0.05, 0.1) is 6.61 Å². The smallest absolute Gasteiger partial charge is 0.305 e. The Morgan fingerprint density at radius 2 is 1.36 bits per heavy atom. The lowest BCUT2D eigenvalue weighted by Crippen LogP contribution is -2.02. The van der Waals surface area contributed by atoms with Crippen molar-refractivity contribution in [3.8, 4) is 0 Å². The van der Waals surface area contributed by atoms with Crippen LogP contribution in [0.15, 0.2) is 36.5 Å². The highest BCUT2D eigenvalue weighted by atomic mass is 16.5. The van der Waals surface area contributed by atoms with Crippen molar-refractivity contribution in [1.82, 2.24) is 0 Å². The molecule has 0 atom stereocenters. The minimum Gasteiger partial charge on any atom is -0.466 e. The molecule has 0 amide bonds. The number of hydrogen-bond acceptors (Lipinski definition) is 2. The van der Waals surface area contributed by atoms with Gasteiger partial charge in [0, 0.05) is 6.42 Å². The van der Waals surface area contributed by atoms with Crippen LogP contribution in [0.3, 0.4) is 0 Å². The van der Waals surface area contributed by atoms with Gasteiger partial charge in [0.1, 0.15) is 0 Å². The number of unbranched alkanes of at least 4 members (excludes halogenated alkanes) is 6. The molecule has 0 saturated heterocycles. The van der Waals surface area contributed by atoms with Crippen molar-refractivity contribution >= 4 is 5.97 Å². The third-order valence-corrected chi connectivity index (χ3v) is 3.32. The van der Waals surface area contributed by atoms with E-state index in [1.54, 1.807) is 0 Å². The third kappa shape index (κ3) is 16.7. The molecule has 0 heterocycles. The second kappa shape index (κ2) is 17.7. The molecule has 0 N–H and O–H groups in total. The van der Waals surface area contributed by atoms with Gasteiger partial charge in [0.15, 0.2) is 0 Å². The Balaban J connectivity index is 3.34. The van der Waals surface area contributed by atoms with Gasteiger partial charge in [-0.05, 0) is 51.9 Å². The number of rotatable bonds is 14. The summed E-state index contributed by atoms with van der Waals surface area (Å²) in [5.74, 6) is -0.0798. The lowest BCUT2D eigenvalue weighted by atomic mass is 10.1. The molecule has 0 aliphatic heterocycles. The summed E-state index contributed by atoms with van der Waals surface area (Å²) in [7, 11) is 0. The Morgan fingerprint density at radius 1 is 0.773 bits per heavy atom. The fourth-order valence-electron chi connectivity index (χ4n) is 2.05. The average Bonchev–Trinajstić information content (AvgIpc) is 2.51. The zero-order valence-corrected chi connectivity index (χ0v) is 14.6. The fourth-order valence-corrected chi connectivity index (χ4v) is 2.05. The quantitative estimate of drug-likeness (QED) is 0.167. The molecular formula is C20H34O2. The molecule has 0 aromatic heterocycles. The van der Waals surface area contributed by atoms with Crippen molar-refractivity contribution in [2.75, 3.05) is 6.61 Å². The van der Waals surface area contributed by atoms with Gasteiger partial charge >= 0.3 is 5.97 Å². The number of hydrogen-bond donors (Lipinski definition) is 0. The maximum atomic E-state index is 11.1. The van der Waals surface area contributed by atoms with Crippen LogP contribution in [-0.4, -0.2) is 12.6 Å². The summed E-state index contributed by atoms with van der Waals surface area (Å²) >= 11 is 0. The first-order chi connectivity index (χ1) is 10.8. The van der Waals surface area contributed by atoms with Gasteiger partial charge in [0.2, 0.25) is 0 Å². The summed E-state index contributed by atoms with van der Waals surface area (Å²) in [5.41, 5.74) is 0. The summed E-state index contributed by atoms with van der Waals surface area (Å²) in [5, 5.41) is 0. The molecule has 0 aliphatic rings. The van der Waals surface area contributed by atoms with Gasteiger partial charge in [-0.3, -0.25) is 4.79 Å². The van der Waals surface area contributed by atoms with Gasteiger partial charge in [-0.25, -0.2) is 0 Å². The van der Waals surface area contributed by atoms with Crippen molar-refractivity contribution in [2.24, 2.45) is 0 Å². The van der Waals surface area contributed by atoms with E-state index in [1.807, 2.05) is 6.92 Å². The number of esters is 1. The van der Waals surface area contributed by atoms with Crippen LogP contribution in [0, 0.1) is 0 Å². The number of ether oxygens (including phenoxy) is 1. The second-order valence-electron chi connectivity index (χ2n) is 5.45. The molecule has 0 spiro atoms. The summed E-state index contributed by atoms with van der Waals surface area (Å²) in [6.45, 7) is 4.56. The lowest BCUT2D eigenvalue weighted by Gasteiger charge is -1.99. The summed E-state index contributed by atoms with van der Waals surface area (Å²) in [6, 6.07) is 0. The third-order valence-electron chi connectivity index (χ3n) is 3.32. The van der Waals surface area contributed by atoms with Crippen LogP contribution < -0.4 is 0 Å². The molecule has 0 aliphatic carbocycles. The van der Waals surface area contributed by atoms with Crippen molar-refractivity contribution in [3.63, 3.8) is 0 Å². The normalized spacial score (nSPS) is 11.9. The van der Waals surface area contributed by atoms with E-state index in [2.05, 4.69) is 43.4 Å². The Hall–Kier alpha value is -1.31. The Kier molecular flexibility index (Phi) is 16.7. The number of allylic oxidation sites excluding steroid dienone is 6. The van der Waals surface area contributed by atoms with E-state index in [4.69, 9.17) is 4.74 Å². The van der Waals surface area contributed by atoms with Crippen LogP contribution in [-0.2, 0) is 9.53 Å². The summed E-state index contributed by atoms with van der Waals surface area (Å²) < 4.78 is 4.88. The van der Waals surface area contributed by atoms with E-state index in [1.165, 1.54) is 32.1 Å². The SMILES string of the molecule is CCCCC/C=C/C=C\CCC/C=C\CCCC(=O)OCC. The monoisotopic (exact) mass is 306 g/mol. The first kappa shape index (κ1) is 20.7. The molecule has 0 aromatic rings. The molecule has 2 heteroatoms. The maximum Gasteiger partial charge on any atom is 0.305 e. The van der Waals surface area contributed by atoms with E-state index < -0.39 is 0 Å². The van der Waals surface area contributed by atoms with Gasteiger partial charge in [0.25, 0.3) is 0 Å². The first-order valence-corrected chi connectivity index (χ1v) is 8.93. The number of carbonyl (C=O) groups excluding carboxylic acids is 1. The average molecular weight is 306 g/mol. The predicted octanol–water partition coefficient (Wildman–Crippen LogP) is 6.14. The Labute approximate surface area is 137 Å². The van der Waals surface area contributed by atoms with Gasteiger partial charge in [-0.2, -0.15) is 0 Å². The zero-order chi connectivity index (χ0) is 16.3. The summed E-state index contributed by atoms with van der Waals surface area (Å²) in [6.07, 6.45) is 24.2. The van der Waals surface area contributed by atoms with Crippen LogP contribution in [0.4, 0.5) is 0 Å². The topological polar surface area (TPSA) is 26.3 Å². The molecule has 2 nitrogen and oxygen atoms in total. The van der Waals surface area contributed by atoms with Crippen LogP contribution in [0.5, 0.6) is 0 Å². The Morgan fingerprint density at radius 3 is 2.00 bits per heavy atom. The summed E-state index contributed by atoms with van der Waals surface area (Å²) in [4.78, 5) is 11.1. The van der Waals surface area contributed by atoms with Crippen molar-refractivity contribution < 1.29 is 9.53 Å². The standard InChI is InChI=1S/C20H34O2/c1-3-5-6-7-8-9-10-11-12-13-14-15-16-17-18-19-20(21)22-4-2/h8-11,15-16H,3-7,12-14,17-19H2,1-2H3/b9-8+,11-10-,16-15-. The molecule has 0 unspecified atom stereocenters. The molecular weight excluding hydrogens is 272 g/mol. The van der Waals surface area contributed by atoms with Gasteiger partial charge in [-0.1, -0.05) is 56.2 Å². The number of carbonyl (C=O) groups is 1. The highest BCUT2D eigenvalue weighted by Crippen LogP contribution is 2.03. The molecule has 22 heavy (non-hydrogen) atoms. The van der Waals surface area contributed by atoms with Crippen LogP contribution in [0.1, 0.15) is 78.1 Å². The first-order valence-electron chi connectivity index (χ1n) is 8.93. The zero-order valence-electron chi connectivity index (χ0n) is 14.6. The minimum atomic E-state index is -0.0798. The van der Waals surface area contributed by atoms with Gasteiger partial charge < -0.3 is 4.74 Å². The van der Waals surface area contributed by atoms with E-state index in [0.29, 0.717) is 13.0 Å². The van der Waals surface area contributed by atoms with Crippen LogP contribution in [0.25, 0.3) is 0 Å². The molecule has 0 fully saturated rings. The van der Waals surface area contributed by atoms with Crippen molar-refractivity contribution in [2.45, 2.75) is 78.1 Å². The largest absolute Gasteiger partial charge is 0.466 e. The highest BCUT2D eigenvalue weighted by molar-refractivity contribution is 5.69. The molecule has 0 aromatic carbocycles. The second-order valence-corrected chi connectivity index (χ2v) is 5.45. The lowest BCUT2D eigenvalue weighted by molar-refractivity contribution is -0.143. The maximum absolute atomic E-state index is 11.1. The molecule has 0 saturated carbocycles. The fraction of sp³-hybridized carbons (Fsp3) is 0.650. The Bertz CT molecular complexity index is 327.